The molecule has 0 radical (unpaired) electrons. The van der Waals surface area contributed by atoms with Crippen LogP contribution in [-0.2, 0) is 31.3 Å². The normalized spacial score (nSPS) is 9.25. The zero-order chi connectivity index (χ0) is 10.3. The molecule has 0 saturated heterocycles. The van der Waals surface area contributed by atoms with Gasteiger partial charge >= 0.3 is 103 Å². The topological polar surface area (TPSA) is 0 Å². The van der Waals surface area contributed by atoms with Gasteiger partial charge in [0, 0.05) is 0 Å². The van der Waals surface area contributed by atoms with Gasteiger partial charge in [0.2, 0.25) is 0 Å². The van der Waals surface area contributed by atoms with Crippen molar-refractivity contribution < 1.29 is 22.9 Å². The van der Waals surface area contributed by atoms with Crippen LogP contribution in [-0.4, -0.2) is 11.0 Å². The molecule has 0 N–H and O–H groups in total. The molecule has 2 aromatic rings. The van der Waals surface area contributed by atoms with Crippen molar-refractivity contribution in [3.63, 3.8) is 0 Å². The van der Waals surface area contributed by atoms with Crippen molar-refractivity contribution in [3.05, 3.63) is 71.8 Å². The van der Waals surface area contributed by atoms with Crippen molar-refractivity contribution in [2.24, 2.45) is 0 Å². The minimum absolute atomic E-state index is 0. The predicted octanol–water partition coefficient (Wildman–Crippen LogP) is 2.02. The second kappa shape index (κ2) is 7.74. The van der Waals surface area contributed by atoms with Crippen LogP contribution in [0.2, 0.25) is 0 Å². The average Bonchev–Trinajstić information content (AvgIpc) is 2.32. The van der Waals surface area contributed by atoms with Gasteiger partial charge in [-0.1, -0.05) is 0 Å². The fourth-order valence-corrected chi connectivity index (χ4v) is 5.76. The Bertz CT molecular complexity index is 346. The number of hydrogen-bond donors (Lipinski definition) is 0. The van der Waals surface area contributed by atoms with E-state index in [1.165, 1.54) is 19.5 Å². The molecule has 82 valence electrons. The molecule has 0 fully saturated rings. The zero-order valence-corrected chi connectivity index (χ0v) is 12.3. The Balaban J connectivity index is 0.00000128. The summed E-state index contributed by atoms with van der Waals surface area (Å²) in [5.74, 6) is 0. The van der Waals surface area contributed by atoms with E-state index in [1.807, 2.05) is 0 Å². The number of hydrogen-bond acceptors (Lipinski definition) is 0. The molecule has 0 atom stereocenters. The number of rotatable bonds is 4. The third-order valence-electron chi connectivity index (χ3n) is 2.34. The van der Waals surface area contributed by atoms with Gasteiger partial charge in [-0.25, -0.2) is 0 Å². The molecule has 0 aromatic heterocycles. The molecule has 2 rings (SSSR count). The van der Waals surface area contributed by atoms with Gasteiger partial charge in [-0.05, 0) is 11.0 Å². The Morgan fingerprint density at radius 1 is 0.625 bits per heavy atom. The molecule has 0 heterocycles. The van der Waals surface area contributed by atoms with Gasteiger partial charge in [0.15, 0.2) is 0 Å². The molecule has 16 heavy (non-hydrogen) atoms. The van der Waals surface area contributed by atoms with E-state index in [9.17, 15) is 0 Å². The fraction of sp³-hybridized carbons (Fsp3) is 0.143. The molecule has 2 aromatic carbocycles. The van der Waals surface area contributed by atoms with Crippen molar-refractivity contribution >= 4 is 11.0 Å². The van der Waals surface area contributed by atoms with E-state index in [2.05, 4.69) is 60.7 Å². The molecular formula is C14H18HfSi. The zero-order valence-electron chi connectivity index (χ0n) is 8.69. The van der Waals surface area contributed by atoms with Crippen molar-refractivity contribution in [2.75, 3.05) is 0 Å². The Morgan fingerprint density at radius 2 is 1.00 bits per heavy atom. The van der Waals surface area contributed by atoms with Crippen LogP contribution in [0, 0.1) is 0 Å². The van der Waals surface area contributed by atoms with Crippen molar-refractivity contribution in [3.8, 4) is 0 Å². The maximum absolute atomic E-state index is 2.25. The Hall–Kier alpha value is -0.473. The second-order valence-electron chi connectivity index (χ2n) is 3.57. The monoisotopic (exact) mass is 394 g/mol. The molecular weight excluding hydrogens is 375 g/mol. The summed E-state index contributed by atoms with van der Waals surface area (Å²) in [6, 6.07) is 21.7. The summed E-state index contributed by atoms with van der Waals surface area (Å²) in [5.41, 5.74) is 3.05. The predicted molar refractivity (Wildman–Crippen MR) is 71.6 cm³/mol. The first-order chi connectivity index (χ1) is 7.45. The Labute approximate surface area is 113 Å². The second-order valence-corrected chi connectivity index (χ2v) is 7.91. The molecule has 0 aliphatic carbocycles. The van der Waals surface area contributed by atoms with Crippen LogP contribution in [0.4, 0.5) is 0 Å². The van der Waals surface area contributed by atoms with E-state index >= 15 is 0 Å². The fourth-order valence-electron chi connectivity index (χ4n) is 1.54. The first-order valence-corrected chi connectivity index (χ1v) is 10.3. The molecule has 0 aliphatic rings. The summed E-state index contributed by atoms with van der Waals surface area (Å²) < 4.78 is 2.74. The SMILES string of the molecule is [SiH4].c1ccc([CH2][Hf][CH2]c2ccccc2)cc1. The van der Waals surface area contributed by atoms with Gasteiger partial charge in [-0.2, -0.15) is 0 Å². The maximum atomic E-state index is 2.25. The molecule has 0 nitrogen and oxygen atoms in total. The van der Waals surface area contributed by atoms with E-state index in [0.29, 0.717) is 0 Å². The first kappa shape index (κ1) is 13.6. The van der Waals surface area contributed by atoms with Gasteiger partial charge in [-0.3, -0.25) is 0 Å². The van der Waals surface area contributed by atoms with Crippen LogP contribution < -0.4 is 0 Å². The van der Waals surface area contributed by atoms with Gasteiger partial charge in [-0.15, -0.1) is 0 Å². The summed E-state index contributed by atoms with van der Waals surface area (Å²) in [5, 5.41) is 0. The summed E-state index contributed by atoms with van der Waals surface area (Å²) in [6.45, 7) is 0. The summed E-state index contributed by atoms with van der Waals surface area (Å²) in [6.07, 6.45) is 0. The van der Waals surface area contributed by atoms with E-state index in [4.69, 9.17) is 0 Å². The van der Waals surface area contributed by atoms with Crippen LogP contribution >= 0.6 is 0 Å². The van der Waals surface area contributed by atoms with Crippen LogP contribution in [0.5, 0.6) is 0 Å². The molecule has 0 aliphatic heterocycles. The van der Waals surface area contributed by atoms with Crippen molar-refractivity contribution in [1.29, 1.82) is 0 Å². The van der Waals surface area contributed by atoms with Crippen LogP contribution in [0.15, 0.2) is 60.7 Å². The van der Waals surface area contributed by atoms with E-state index in [-0.39, 0.29) is 11.0 Å². The van der Waals surface area contributed by atoms with Crippen LogP contribution in [0.1, 0.15) is 11.1 Å². The van der Waals surface area contributed by atoms with Gasteiger partial charge in [0.25, 0.3) is 0 Å². The quantitative estimate of drug-likeness (QED) is 0.698. The van der Waals surface area contributed by atoms with Gasteiger partial charge < -0.3 is 0 Å². The summed E-state index contributed by atoms with van der Waals surface area (Å²) in [7, 11) is 0. The average molecular weight is 393 g/mol. The molecule has 0 saturated carbocycles. The molecule has 0 spiro atoms. The molecule has 2 heteroatoms. The van der Waals surface area contributed by atoms with E-state index < -0.39 is 22.9 Å². The minimum atomic E-state index is -0.471. The van der Waals surface area contributed by atoms with Crippen molar-refractivity contribution in [2.45, 2.75) is 8.35 Å². The van der Waals surface area contributed by atoms with Gasteiger partial charge in [0.05, 0.1) is 0 Å². The van der Waals surface area contributed by atoms with Gasteiger partial charge in [0.1, 0.15) is 0 Å². The Kier molecular flexibility index (Phi) is 6.58. The van der Waals surface area contributed by atoms with Crippen LogP contribution in [0.25, 0.3) is 0 Å². The number of benzene rings is 2. The Morgan fingerprint density at radius 3 is 1.38 bits per heavy atom. The summed E-state index contributed by atoms with van der Waals surface area (Å²) >= 11 is -0.471. The molecule has 0 bridgehead atoms. The van der Waals surface area contributed by atoms with Crippen LogP contribution in [0.3, 0.4) is 0 Å². The molecule has 0 amide bonds. The third kappa shape index (κ3) is 4.58. The molecule has 0 unspecified atom stereocenters. The van der Waals surface area contributed by atoms with Crippen molar-refractivity contribution in [1.82, 2.24) is 0 Å². The van der Waals surface area contributed by atoms with E-state index in [0.717, 1.165) is 0 Å². The first-order valence-electron chi connectivity index (χ1n) is 5.24. The third-order valence-corrected chi connectivity index (χ3v) is 7.07. The summed E-state index contributed by atoms with van der Waals surface area (Å²) in [4.78, 5) is 0. The van der Waals surface area contributed by atoms with E-state index in [1.54, 1.807) is 0 Å². The standard InChI is InChI=1S/2C7H7.Hf.H4Si/c2*1-7-5-3-2-4-6-7;;/h2*2-6H,1H2;;1H4.